The highest BCUT2D eigenvalue weighted by molar-refractivity contribution is 5.94. The summed E-state index contributed by atoms with van der Waals surface area (Å²) in [6.07, 6.45) is 0.610. The summed E-state index contributed by atoms with van der Waals surface area (Å²) in [6.45, 7) is 2.68. The van der Waals surface area contributed by atoms with Crippen LogP contribution in [0.4, 0.5) is 4.79 Å². The highest BCUT2D eigenvalue weighted by Crippen LogP contribution is 2.06. The predicted octanol–water partition coefficient (Wildman–Crippen LogP) is 0.692. The summed E-state index contributed by atoms with van der Waals surface area (Å²) in [6, 6.07) is -0.483. The summed E-state index contributed by atoms with van der Waals surface area (Å²) in [5.74, 6) is -1.72. The van der Waals surface area contributed by atoms with E-state index in [0.717, 1.165) is 0 Å². The molecule has 0 saturated carbocycles. The van der Waals surface area contributed by atoms with Gasteiger partial charge in [-0.15, -0.1) is 0 Å². The molecule has 0 bridgehead atoms. The number of carbonyl (C=O) groups excluding carboxylic acids is 2. The lowest BCUT2D eigenvalue weighted by Gasteiger charge is -2.17. The Morgan fingerprint density at radius 1 is 1.32 bits per heavy atom. The van der Waals surface area contributed by atoms with Gasteiger partial charge in [0.15, 0.2) is 0 Å². The van der Waals surface area contributed by atoms with Crippen molar-refractivity contribution in [3.63, 3.8) is 0 Å². The van der Waals surface area contributed by atoms with Gasteiger partial charge < -0.3 is 14.7 Å². The minimum absolute atomic E-state index is 0.0178. The number of ether oxygens (including phenoxy) is 1. The van der Waals surface area contributed by atoms with Crippen LogP contribution < -0.4 is 5.32 Å². The van der Waals surface area contributed by atoms with Gasteiger partial charge in [0.1, 0.15) is 0 Å². The zero-order valence-electron chi connectivity index (χ0n) is 11.6. The molecule has 1 atom stereocenters. The number of carboxylic acid groups (broad SMARTS) is 1. The zero-order chi connectivity index (χ0) is 14.8. The van der Waals surface area contributed by atoms with E-state index < -0.39 is 17.9 Å². The van der Waals surface area contributed by atoms with Crippen LogP contribution >= 0.6 is 0 Å². The minimum Gasteiger partial charge on any atom is -0.481 e. The molecule has 110 valence electrons. The van der Waals surface area contributed by atoms with Gasteiger partial charge in [-0.25, -0.2) is 4.79 Å². The van der Waals surface area contributed by atoms with Crippen LogP contribution in [0, 0.1) is 5.92 Å². The molecule has 7 nitrogen and oxygen atoms in total. The maximum absolute atomic E-state index is 11.6. The molecule has 7 heteroatoms. The van der Waals surface area contributed by atoms with Gasteiger partial charge in [-0.1, -0.05) is 6.92 Å². The lowest BCUT2D eigenvalue weighted by atomic mass is 10.0. The molecule has 1 unspecified atom stereocenters. The Kier molecular flexibility index (Phi) is 8.52. The van der Waals surface area contributed by atoms with Gasteiger partial charge in [-0.05, 0) is 12.3 Å². The Morgan fingerprint density at radius 3 is 2.47 bits per heavy atom. The molecular weight excluding hydrogens is 252 g/mol. The number of carboxylic acids is 1. The standard InChI is InChI=1S/C12H22N2O5/c1-9(8-11(16)17)7-10(15)13-12(18)14(2)5-4-6-19-3/h9H,4-8H2,1-3H3,(H,16,17)(H,13,15,18). The number of imide groups is 1. The Morgan fingerprint density at radius 2 is 1.95 bits per heavy atom. The van der Waals surface area contributed by atoms with E-state index in [2.05, 4.69) is 5.32 Å². The fourth-order valence-corrected chi connectivity index (χ4v) is 1.50. The second-order valence-electron chi connectivity index (χ2n) is 4.53. The van der Waals surface area contributed by atoms with Crippen molar-refractivity contribution in [2.45, 2.75) is 26.2 Å². The van der Waals surface area contributed by atoms with E-state index in [1.807, 2.05) is 0 Å². The SMILES string of the molecule is COCCCN(C)C(=O)NC(=O)CC(C)CC(=O)O. The Hall–Kier alpha value is -1.63. The molecule has 0 heterocycles. The van der Waals surface area contributed by atoms with Crippen molar-refractivity contribution >= 4 is 17.9 Å². The first-order valence-corrected chi connectivity index (χ1v) is 6.12. The second kappa shape index (κ2) is 9.32. The van der Waals surface area contributed by atoms with E-state index in [0.29, 0.717) is 19.6 Å². The van der Waals surface area contributed by atoms with Crippen molar-refractivity contribution in [3.8, 4) is 0 Å². The van der Waals surface area contributed by atoms with Gasteiger partial charge in [0, 0.05) is 40.2 Å². The van der Waals surface area contributed by atoms with Gasteiger partial charge >= 0.3 is 12.0 Å². The van der Waals surface area contributed by atoms with Crippen LogP contribution in [-0.4, -0.2) is 55.2 Å². The number of methoxy groups -OCH3 is 1. The van der Waals surface area contributed by atoms with Crippen LogP contribution in [0.2, 0.25) is 0 Å². The Labute approximate surface area is 112 Å². The van der Waals surface area contributed by atoms with E-state index in [-0.39, 0.29) is 18.8 Å². The third-order valence-electron chi connectivity index (χ3n) is 2.49. The molecule has 0 aliphatic carbocycles. The second-order valence-corrected chi connectivity index (χ2v) is 4.53. The van der Waals surface area contributed by atoms with Crippen LogP contribution in [0.3, 0.4) is 0 Å². The topological polar surface area (TPSA) is 95.9 Å². The molecule has 0 spiro atoms. The first-order valence-electron chi connectivity index (χ1n) is 6.12. The number of hydrogen-bond donors (Lipinski definition) is 2. The molecule has 0 aromatic carbocycles. The Bertz CT molecular complexity index is 319. The molecule has 0 fully saturated rings. The molecular formula is C12H22N2O5. The molecule has 3 amide bonds. The smallest absolute Gasteiger partial charge is 0.323 e. The summed E-state index contributed by atoms with van der Waals surface area (Å²) >= 11 is 0. The first-order chi connectivity index (χ1) is 8.86. The molecule has 0 aliphatic heterocycles. The van der Waals surface area contributed by atoms with Gasteiger partial charge in [-0.2, -0.15) is 0 Å². The molecule has 0 aliphatic rings. The quantitative estimate of drug-likeness (QED) is 0.635. The summed E-state index contributed by atoms with van der Waals surface area (Å²) in [5.41, 5.74) is 0. The maximum atomic E-state index is 11.6. The number of urea groups is 1. The fourth-order valence-electron chi connectivity index (χ4n) is 1.50. The van der Waals surface area contributed by atoms with E-state index in [1.165, 1.54) is 4.90 Å². The van der Waals surface area contributed by atoms with Crippen LogP contribution in [0.15, 0.2) is 0 Å². The van der Waals surface area contributed by atoms with Crippen molar-refractivity contribution < 1.29 is 24.2 Å². The maximum Gasteiger partial charge on any atom is 0.323 e. The number of rotatable bonds is 8. The number of nitrogens with one attached hydrogen (secondary N) is 1. The van der Waals surface area contributed by atoms with Crippen molar-refractivity contribution in [2.75, 3.05) is 27.3 Å². The van der Waals surface area contributed by atoms with Gasteiger partial charge in [-0.3, -0.25) is 14.9 Å². The highest BCUT2D eigenvalue weighted by Gasteiger charge is 2.16. The number of carbonyl (C=O) groups is 3. The monoisotopic (exact) mass is 274 g/mol. The number of hydrogen-bond acceptors (Lipinski definition) is 4. The number of aliphatic carboxylic acids is 1. The molecule has 0 saturated heterocycles. The molecule has 0 aromatic heterocycles. The summed E-state index contributed by atoms with van der Waals surface area (Å²) in [5, 5.41) is 10.8. The van der Waals surface area contributed by atoms with Crippen LogP contribution in [-0.2, 0) is 14.3 Å². The van der Waals surface area contributed by atoms with E-state index in [1.54, 1.807) is 21.1 Å². The summed E-state index contributed by atoms with van der Waals surface area (Å²) < 4.78 is 4.86. The van der Waals surface area contributed by atoms with Crippen LogP contribution in [0.5, 0.6) is 0 Å². The molecule has 0 rings (SSSR count). The first kappa shape index (κ1) is 17.4. The third kappa shape index (κ3) is 9.01. The largest absolute Gasteiger partial charge is 0.481 e. The van der Waals surface area contributed by atoms with Crippen molar-refractivity contribution in [1.82, 2.24) is 10.2 Å². The highest BCUT2D eigenvalue weighted by atomic mass is 16.5. The lowest BCUT2D eigenvalue weighted by Crippen LogP contribution is -2.41. The zero-order valence-corrected chi connectivity index (χ0v) is 11.6. The predicted molar refractivity (Wildman–Crippen MR) is 68.7 cm³/mol. The van der Waals surface area contributed by atoms with E-state index in [4.69, 9.17) is 9.84 Å². The molecule has 2 N–H and O–H groups in total. The van der Waals surface area contributed by atoms with Crippen LogP contribution in [0.25, 0.3) is 0 Å². The van der Waals surface area contributed by atoms with E-state index in [9.17, 15) is 14.4 Å². The molecule has 0 aromatic rings. The van der Waals surface area contributed by atoms with Gasteiger partial charge in [0.05, 0.1) is 0 Å². The minimum atomic E-state index is -0.955. The van der Waals surface area contributed by atoms with Crippen molar-refractivity contribution in [3.05, 3.63) is 0 Å². The average molecular weight is 274 g/mol. The normalized spacial score (nSPS) is 11.7. The number of nitrogens with zero attached hydrogens (tertiary/aromatic N) is 1. The van der Waals surface area contributed by atoms with Crippen LogP contribution in [0.1, 0.15) is 26.2 Å². The van der Waals surface area contributed by atoms with Crippen molar-refractivity contribution in [2.24, 2.45) is 5.92 Å². The summed E-state index contributed by atoms with van der Waals surface area (Å²) in [4.78, 5) is 34.9. The van der Waals surface area contributed by atoms with Gasteiger partial charge in [0.25, 0.3) is 0 Å². The number of amides is 3. The van der Waals surface area contributed by atoms with Gasteiger partial charge in [0.2, 0.25) is 5.91 Å². The summed E-state index contributed by atoms with van der Waals surface area (Å²) in [7, 11) is 3.16. The van der Waals surface area contributed by atoms with E-state index >= 15 is 0 Å². The van der Waals surface area contributed by atoms with Crippen molar-refractivity contribution in [1.29, 1.82) is 0 Å². The Balaban J connectivity index is 3.97. The third-order valence-corrected chi connectivity index (χ3v) is 2.49. The average Bonchev–Trinajstić information content (AvgIpc) is 2.27. The lowest BCUT2D eigenvalue weighted by molar-refractivity contribution is -0.138. The molecule has 19 heavy (non-hydrogen) atoms. The molecule has 0 radical (unpaired) electrons. The fraction of sp³-hybridized carbons (Fsp3) is 0.750.